The van der Waals surface area contributed by atoms with Gasteiger partial charge in [-0.2, -0.15) is 0 Å². The first-order valence-corrected chi connectivity index (χ1v) is 18.4. The first kappa shape index (κ1) is 40.9. The molecule has 0 bridgehead atoms. The highest BCUT2D eigenvalue weighted by molar-refractivity contribution is 5.95. The smallest absolute Gasteiger partial charge is 0.341 e. The predicted molar refractivity (Wildman–Crippen MR) is 210 cm³/mol. The van der Waals surface area contributed by atoms with Gasteiger partial charge in [-0.15, -0.1) is 0 Å². The lowest BCUT2D eigenvalue weighted by atomic mass is 9.84. The number of rotatable bonds is 6. The van der Waals surface area contributed by atoms with Gasteiger partial charge in [-0.05, 0) is 71.8 Å². The Kier molecular flexibility index (Phi) is 9.77. The fraction of sp³-hybridized carbons (Fsp3) is 0.140. The van der Waals surface area contributed by atoms with Crippen LogP contribution in [0.1, 0.15) is 54.8 Å². The van der Waals surface area contributed by atoms with E-state index in [2.05, 4.69) is 0 Å². The second kappa shape index (κ2) is 15.0. The Labute approximate surface area is 351 Å². The van der Waals surface area contributed by atoms with Crippen molar-refractivity contribution in [1.82, 2.24) is 0 Å². The second-order valence-corrected chi connectivity index (χ2v) is 14.6. The first-order valence-electron chi connectivity index (χ1n) is 18.4. The van der Waals surface area contributed by atoms with Crippen LogP contribution in [0, 0.1) is 0 Å². The van der Waals surface area contributed by atoms with Crippen LogP contribution < -0.4 is 14.9 Å². The zero-order chi connectivity index (χ0) is 45.3. The largest absolute Gasteiger partial charge is 0.508 e. The molecule has 0 unspecified atom stereocenters. The number of carbonyl (C=O) groups excluding carboxylic acids is 2. The number of esters is 2. The maximum Gasteiger partial charge on any atom is 0.341 e. The number of benzene rings is 5. The van der Waals surface area contributed by atoms with E-state index in [1.807, 2.05) is 0 Å². The van der Waals surface area contributed by atoms with E-state index < -0.39 is 133 Å². The topological polar surface area (TPSA) is 351 Å². The molecule has 0 aromatic heterocycles. The normalized spacial score (nSPS) is 17.7. The highest BCUT2D eigenvalue weighted by Gasteiger charge is 2.41. The summed E-state index contributed by atoms with van der Waals surface area (Å²) >= 11 is 0. The minimum Gasteiger partial charge on any atom is -0.508 e. The summed E-state index contributed by atoms with van der Waals surface area (Å²) in [5.74, 6) is -16.0. The van der Waals surface area contributed by atoms with Crippen LogP contribution in [-0.4, -0.2) is 90.9 Å². The van der Waals surface area contributed by atoms with Gasteiger partial charge in [-0.1, -0.05) is 0 Å². The highest BCUT2D eigenvalue weighted by Crippen LogP contribution is 2.49. The van der Waals surface area contributed by atoms with Crippen LogP contribution in [0.4, 0.5) is 0 Å². The van der Waals surface area contributed by atoms with Crippen LogP contribution in [0.5, 0.6) is 86.2 Å². The molecule has 13 N–H and O–H groups in total. The molecule has 2 aliphatic heterocycles. The summed E-state index contributed by atoms with van der Waals surface area (Å²) in [7, 11) is 0. The SMILES string of the molecule is O=C(O[C@H]1Oc2cc(O)cc(O)c2C[C@@H]1c1cc(O)c(=O)c2c(O)c(O)cc([C@@H]3Cc4c(O)cc(O)cc4O[C@@H]3OC(=O)c3cc(O)c(O)c(O)c3)c2c1)c1cc(O)c(O)c(O)c1. The van der Waals surface area contributed by atoms with E-state index in [0.29, 0.717) is 0 Å². The molecular weight excluding hydrogens is 836 g/mol. The zero-order valence-corrected chi connectivity index (χ0v) is 31.7. The van der Waals surface area contributed by atoms with E-state index in [0.717, 1.165) is 60.7 Å². The average Bonchev–Trinajstić information content (AvgIpc) is 3.34. The van der Waals surface area contributed by atoms with Crippen molar-refractivity contribution in [3.8, 4) is 86.2 Å². The van der Waals surface area contributed by atoms with E-state index in [9.17, 15) is 80.8 Å². The molecule has 6 aromatic carbocycles. The molecule has 2 aliphatic rings. The minimum atomic E-state index is -1.82. The molecule has 8 rings (SSSR count). The number of phenols is 12. The second-order valence-electron chi connectivity index (χ2n) is 14.6. The summed E-state index contributed by atoms with van der Waals surface area (Å²) < 4.78 is 23.3. The Balaban J connectivity index is 1.31. The zero-order valence-electron chi connectivity index (χ0n) is 31.7. The Morgan fingerprint density at radius 3 is 1.38 bits per heavy atom. The Morgan fingerprint density at radius 1 is 0.476 bits per heavy atom. The van der Waals surface area contributed by atoms with Crippen LogP contribution in [-0.2, 0) is 22.3 Å². The molecule has 0 saturated carbocycles. The lowest BCUT2D eigenvalue weighted by Gasteiger charge is -2.34. The van der Waals surface area contributed by atoms with E-state index in [1.165, 1.54) is 6.07 Å². The number of hydrogen-bond donors (Lipinski definition) is 13. The van der Waals surface area contributed by atoms with Gasteiger partial charge in [0.2, 0.25) is 5.43 Å². The molecule has 0 amide bonds. The van der Waals surface area contributed by atoms with Gasteiger partial charge < -0.3 is 85.3 Å². The average molecular weight is 869 g/mol. The van der Waals surface area contributed by atoms with Crippen molar-refractivity contribution in [2.75, 3.05) is 0 Å². The summed E-state index contributed by atoms with van der Waals surface area (Å²) in [6, 6.07) is 10.3. The predicted octanol–water partition coefficient (Wildman–Crippen LogP) is 4.18. The molecular formula is C43H32O20. The van der Waals surface area contributed by atoms with Crippen LogP contribution in [0.15, 0.2) is 71.5 Å². The molecule has 0 radical (unpaired) electrons. The Morgan fingerprint density at radius 2 is 0.905 bits per heavy atom. The summed E-state index contributed by atoms with van der Waals surface area (Å²) in [5, 5.41) is 135. The van der Waals surface area contributed by atoms with Gasteiger partial charge in [0.15, 0.2) is 51.7 Å². The monoisotopic (exact) mass is 868 g/mol. The van der Waals surface area contributed by atoms with Gasteiger partial charge >= 0.3 is 11.9 Å². The quantitative estimate of drug-likeness (QED) is 0.0824. The lowest BCUT2D eigenvalue weighted by Crippen LogP contribution is -2.36. The van der Waals surface area contributed by atoms with Gasteiger partial charge in [-0.3, -0.25) is 4.79 Å². The van der Waals surface area contributed by atoms with Crippen LogP contribution >= 0.6 is 0 Å². The fourth-order valence-electron chi connectivity index (χ4n) is 7.59. The van der Waals surface area contributed by atoms with Crippen molar-refractivity contribution < 1.29 is 94.9 Å². The molecule has 6 aromatic rings. The van der Waals surface area contributed by atoms with Crippen molar-refractivity contribution >= 4 is 22.7 Å². The van der Waals surface area contributed by atoms with Gasteiger partial charge in [0.25, 0.3) is 12.6 Å². The van der Waals surface area contributed by atoms with Gasteiger partial charge in [0.05, 0.1) is 28.3 Å². The standard InChI is InChI=1S/C43H32O20/c44-17-7-25(46)23-11-19(42(60-33(23)9-17)62-40(58)15-3-27(48)36(54)28(49)4-15)14-1-21-20(13-32(53)39(57)35(21)38(56)31(52)2-14)22-12-24-26(47)8-18(45)10-34(24)61-43(22)63-41(59)16-5-29(50)37(55)30(51)6-16/h1-10,13,19,22,42-51,53-55,57H,11-12H2,(H,52,56)/t19-,22+,42-,43-/m1/s1. The van der Waals surface area contributed by atoms with Crippen molar-refractivity contribution in [1.29, 1.82) is 0 Å². The van der Waals surface area contributed by atoms with Gasteiger partial charge in [-0.25, -0.2) is 9.59 Å². The summed E-state index contributed by atoms with van der Waals surface area (Å²) in [6.45, 7) is 0. The van der Waals surface area contributed by atoms with E-state index >= 15 is 0 Å². The number of carbonyl (C=O) groups is 2. The van der Waals surface area contributed by atoms with Gasteiger partial charge in [0.1, 0.15) is 34.5 Å². The maximum absolute atomic E-state index is 14.0. The van der Waals surface area contributed by atoms with Crippen molar-refractivity contribution in [3.63, 3.8) is 0 Å². The number of ether oxygens (including phenoxy) is 4. The lowest BCUT2D eigenvalue weighted by molar-refractivity contribution is -0.0713. The third-order valence-corrected chi connectivity index (χ3v) is 10.6. The van der Waals surface area contributed by atoms with Crippen LogP contribution in [0.3, 0.4) is 0 Å². The number of fused-ring (bicyclic) bond motifs is 3. The molecule has 0 spiro atoms. The van der Waals surface area contributed by atoms with Crippen molar-refractivity contribution in [2.24, 2.45) is 0 Å². The number of phenolic OH excluding ortho intramolecular Hbond substituents is 12. The summed E-state index contributed by atoms with van der Waals surface area (Å²) in [4.78, 5) is 41.1. The van der Waals surface area contributed by atoms with Crippen molar-refractivity contribution in [3.05, 3.63) is 110 Å². The summed E-state index contributed by atoms with van der Waals surface area (Å²) in [6.07, 6.45) is -4.29. The summed E-state index contributed by atoms with van der Waals surface area (Å²) in [5.41, 5.74) is -2.47. The number of aromatic hydroxyl groups is 13. The van der Waals surface area contributed by atoms with Crippen LogP contribution in [0.2, 0.25) is 0 Å². The Hall–Kier alpha value is -8.81. The minimum absolute atomic E-state index is 0.0192. The number of hydrogen-bond acceptors (Lipinski definition) is 20. The van der Waals surface area contributed by atoms with E-state index in [-0.39, 0.29) is 52.0 Å². The van der Waals surface area contributed by atoms with Gasteiger partial charge in [0, 0.05) is 35.4 Å². The maximum atomic E-state index is 14.0. The first-order chi connectivity index (χ1) is 29.8. The molecule has 0 aliphatic carbocycles. The molecule has 20 nitrogen and oxygen atoms in total. The molecule has 324 valence electrons. The van der Waals surface area contributed by atoms with Crippen LogP contribution in [0.25, 0.3) is 10.8 Å². The third kappa shape index (κ3) is 7.19. The molecule has 0 saturated heterocycles. The van der Waals surface area contributed by atoms with E-state index in [4.69, 9.17) is 18.9 Å². The highest BCUT2D eigenvalue weighted by atomic mass is 16.7. The molecule has 0 fully saturated rings. The molecule has 63 heavy (non-hydrogen) atoms. The van der Waals surface area contributed by atoms with Crippen molar-refractivity contribution in [2.45, 2.75) is 37.3 Å². The molecule has 20 heteroatoms. The molecule has 4 atom stereocenters. The molecule has 2 heterocycles. The van der Waals surface area contributed by atoms with E-state index in [1.54, 1.807) is 0 Å². The third-order valence-electron chi connectivity index (χ3n) is 10.6. The fourth-order valence-corrected chi connectivity index (χ4v) is 7.59. The Bertz CT molecular complexity index is 2950.